The summed E-state index contributed by atoms with van der Waals surface area (Å²) in [6, 6.07) is 10.4. The second kappa shape index (κ2) is 9.60. The molecule has 30 heavy (non-hydrogen) atoms. The van der Waals surface area contributed by atoms with Crippen molar-refractivity contribution >= 4 is 39.9 Å². The fourth-order valence-corrected chi connectivity index (χ4v) is 3.03. The lowest BCUT2D eigenvalue weighted by Crippen LogP contribution is -2.38. The van der Waals surface area contributed by atoms with Crippen molar-refractivity contribution in [3.63, 3.8) is 0 Å². The van der Waals surface area contributed by atoms with E-state index in [4.69, 9.17) is 16.3 Å². The Hall–Kier alpha value is -3.10. The first-order valence-electron chi connectivity index (χ1n) is 9.41. The molecule has 0 spiro atoms. The number of hydrogen-bond donors (Lipinski definition) is 3. The van der Waals surface area contributed by atoms with Crippen LogP contribution in [0.3, 0.4) is 0 Å². The van der Waals surface area contributed by atoms with Gasteiger partial charge in [0, 0.05) is 5.69 Å². The molecule has 3 aromatic rings. The summed E-state index contributed by atoms with van der Waals surface area (Å²) in [5, 5.41) is 16.6. The number of amides is 1. The number of carbonyl (C=O) groups is 1. The summed E-state index contributed by atoms with van der Waals surface area (Å²) >= 11 is 6.01. The second-order valence-electron chi connectivity index (χ2n) is 7.13. The minimum atomic E-state index is -0.266. The number of rotatable bonds is 8. The minimum Gasteiger partial charge on any atom is -0.506 e. The quantitative estimate of drug-likeness (QED) is 0.473. The molecule has 9 heteroatoms. The topological polar surface area (TPSA) is 99.6 Å². The van der Waals surface area contributed by atoms with E-state index in [2.05, 4.69) is 20.6 Å². The third-order valence-corrected chi connectivity index (χ3v) is 4.51. The normalized spacial score (nSPS) is 12.0. The summed E-state index contributed by atoms with van der Waals surface area (Å²) in [5.41, 5.74) is 1.37. The van der Waals surface area contributed by atoms with Crippen molar-refractivity contribution in [1.82, 2.24) is 20.2 Å². The summed E-state index contributed by atoms with van der Waals surface area (Å²) in [4.78, 5) is 22.3. The zero-order chi connectivity index (χ0) is 21.7. The predicted octanol–water partition coefficient (Wildman–Crippen LogP) is 3.18. The molecule has 0 saturated carbocycles. The number of nitrogens with zero attached hydrogens (tertiary/aromatic N) is 3. The van der Waals surface area contributed by atoms with Crippen LogP contribution in [0.2, 0.25) is 5.02 Å². The minimum absolute atomic E-state index is 0.00363. The second-order valence-corrected chi connectivity index (χ2v) is 7.54. The Kier molecular flexibility index (Phi) is 6.91. The maximum Gasteiger partial charge on any atom is 0.234 e. The first-order valence-corrected chi connectivity index (χ1v) is 9.78. The Labute approximate surface area is 179 Å². The van der Waals surface area contributed by atoms with E-state index in [0.29, 0.717) is 41.2 Å². The fraction of sp³-hybridized carbons (Fsp3) is 0.286. The molecule has 2 aromatic carbocycles. The summed E-state index contributed by atoms with van der Waals surface area (Å²) in [7, 11) is 3.68. The van der Waals surface area contributed by atoms with Gasteiger partial charge in [-0.15, -0.1) is 0 Å². The van der Waals surface area contributed by atoms with Crippen LogP contribution in [0.4, 0.5) is 11.5 Å². The number of fused-ring (bicyclic) bond motifs is 1. The van der Waals surface area contributed by atoms with Gasteiger partial charge in [-0.05, 0) is 51.4 Å². The lowest BCUT2D eigenvalue weighted by Gasteiger charge is -2.19. The Morgan fingerprint density at radius 1 is 1.27 bits per heavy atom. The molecule has 0 unspecified atom stereocenters. The van der Waals surface area contributed by atoms with Crippen molar-refractivity contribution in [2.45, 2.75) is 13.0 Å². The average molecular weight is 430 g/mol. The van der Waals surface area contributed by atoms with Crippen molar-refractivity contribution in [1.29, 1.82) is 0 Å². The number of carbonyl (C=O) groups excluding carboxylic acids is 1. The van der Waals surface area contributed by atoms with Gasteiger partial charge in [-0.3, -0.25) is 4.79 Å². The highest BCUT2D eigenvalue weighted by Crippen LogP contribution is 2.33. The first-order chi connectivity index (χ1) is 14.3. The highest BCUT2D eigenvalue weighted by molar-refractivity contribution is 6.32. The number of phenolic OH excluding ortho intramolecular Hbond substituents is 1. The molecule has 1 heterocycles. The van der Waals surface area contributed by atoms with Crippen molar-refractivity contribution < 1.29 is 14.6 Å². The van der Waals surface area contributed by atoms with Gasteiger partial charge in [0.25, 0.3) is 0 Å². The molecule has 0 aliphatic rings. The summed E-state index contributed by atoms with van der Waals surface area (Å²) < 4.78 is 6.09. The molecule has 0 bridgehead atoms. The molecule has 0 aliphatic carbocycles. The number of nitrogens with one attached hydrogen (secondary N) is 2. The van der Waals surface area contributed by atoms with Crippen LogP contribution in [0.1, 0.15) is 6.92 Å². The highest BCUT2D eigenvalue weighted by Gasteiger charge is 2.14. The van der Waals surface area contributed by atoms with Crippen molar-refractivity contribution in [3.05, 3.63) is 47.7 Å². The number of halogens is 1. The van der Waals surface area contributed by atoms with Gasteiger partial charge < -0.3 is 25.4 Å². The Bertz CT molecular complexity index is 1040. The number of benzene rings is 2. The van der Waals surface area contributed by atoms with Gasteiger partial charge in [0.1, 0.15) is 29.7 Å². The molecular formula is C21H24ClN5O3. The highest BCUT2D eigenvalue weighted by atomic mass is 35.5. The average Bonchev–Trinajstić information content (AvgIpc) is 2.69. The predicted molar refractivity (Wildman–Crippen MR) is 118 cm³/mol. The van der Waals surface area contributed by atoms with Crippen molar-refractivity contribution in [2.24, 2.45) is 0 Å². The van der Waals surface area contributed by atoms with Gasteiger partial charge in [0.2, 0.25) is 5.91 Å². The SMILES string of the molecule is C[C@H](CNC(=O)CN(C)C)Oc1cccc2ncnc(Nc3ccc(O)c(Cl)c3)c12. The van der Waals surface area contributed by atoms with E-state index in [1.54, 1.807) is 17.0 Å². The smallest absolute Gasteiger partial charge is 0.234 e. The van der Waals surface area contributed by atoms with E-state index < -0.39 is 0 Å². The molecule has 158 valence electrons. The molecule has 8 nitrogen and oxygen atoms in total. The van der Waals surface area contributed by atoms with E-state index >= 15 is 0 Å². The summed E-state index contributed by atoms with van der Waals surface area (Å²) in [6.45, 7) is 2.57. The molecule has 0 aliphatic heterocycles. The number of hydrogen-bond acceptors (Lipinski definition) is 7. The number of aromatic nitrogens is 2. The lowest BCUT2D eigenvalue weighted by molar-refractivity contribution is -0.122. The summed E-state index contributed by atoms with van der Waals surface area (Å²) in [6.07, 6.45) is 1.19. The molecule has 3 rings (SSSR count). The van der Waals surface area contributed by atoms with Crippen LogP contribution in [-0.2, 0) is 4.79 Å². The number of phenols is 1. The van der Waals surface area contributed by atoms with Crippen molar-refractivity contribution in [3.8, 4) is 11.5 Å². The van der Waals surface area contributed by atoms with E-state index in [-0.39, 0.29) is 22.8 Å². The van der Waals surface area contributed by atoms with Gasteiger partial charge in [-0.2, -0.15) is 0 Å². The third kappa shape index (κ3) is 5.49. The molecule has 3 N–H and O–H groups in total. The van der Waals surface area contributed by atoms with Crippen LogP contribution in [0.15, 0.2) is 42.7 Å². The lowest BCUT2D eigenvalue weighted by atomic mass is 10.2. The van der Waals surface area contributed by atoms with Crippen LogP contribution in [0, 0.1) is 0 Å². The number of anilines is 2. The Morgan fingerprint density at radius 2 is 2.07 bits per heavy atom. The van der Waals surface area contributed by atoms with Crippen LogP contribution in [-0.4, -0.2) is 59.2 Å². The third-order valence-electron chi connectivity index (χ3n) is 4.21. The van der Waals surface area contributed by atoms with E-state index in [1.165, 1.54) is 12.4 Å². The van der Waals surface area contributed by atoms with Gasteiger partial charge in [0.15, 0.2) is 0 Å². The monoisotopic (exact) mass is 429 g/mol. The van der Waals surface area contributed by atoms with E-state index in [0.717, 1.165) is 0 Å². The van der Waals surface area contributed by atoms with Gasteiger partial charge in [-0.1, -0.05) is 17.7 Å². The standard InChI is InChI=1S/C21H24ClN5O3/c1-13(10-23-19(29)11-27(2)3)30-18-6-4-5-16-20(18)21(25-12-24-16)26-14-7-8-17(28)15(22)9-14/h4-9,12-13,28H,10-11H2,1-3H3,(H,23,29)(H,24,25,26)/t13-/m1/s1. The summed E-state index contributed by atoms with van der Waals surface area (Å²) in [5.74, 6) is 1.07. The maximum atomic E-state index is 11.9. The Morgan fingerprint density at radius 3 is 2.80 bits per heavy atom. The van der Waals surface area contributed by atoms with Crippen LogP contribution < -0.4 is 15.4 Å². The molecular weight excluding hydrogens is 406 g/mol. The number of likely N-dealkylation sites (N-methyl/N-ethyl adjacent to an activating group) is 1. The van der Waals surface area contributed by atoms with Crippen LogP contribution in [0.25, 0.3) is 10.9 Å². The van der Waals surface area contributed by atoms with Gasteiger partial charge >= 0.3 is 0 Å². The first kappa shape index (κ1) is 21.6. The van der Waals surface area contributed by atoms with E-state index in [1.807, 2.05) is 39.2 Å². The zero-order valence-corrected chi connectivity index (χ0v) is 17.8. The largest absolute Gasteiger partial charge is 0.506 e. The molecule has 1 amide bonds. The number of aromatic hydroxyl groups is 1. The van der Waals surface area contributed by atoms with E-state index in [9.17, 15) is 9.90 Å². The number of ether oxygens (including phenoxy) is 1. The van der Waals surface area contributed by atoms with Crippen molar-refractivity contribution in [2.75, 3.05) is 32.5 Å². The molecule has 1 atom stereocenters. The van der Waals surface area contributed by atoms with Gasteiger partial charge in [-0.25, -0.2) is 9.97 Å². The Balaban J connectivity index is 1.81. The molecule has 0 saturated heterocycles. The molecule has 0 fully saturated rings. The molecule has 1 aromatic heterocycles. The zero-order valence-electron chi connectivity index (χ0n) is 17.0. The molecule has 0 radical (unpaired) electrons. The fourth-order valence-electron chi connectivity index (χ4n) is 2.85. The van der Waals surface area contributed by atoms with Crippen LogP contribution in [0.5, 0.6) is 11.5 Å². The van der Waals surface area contributed by atoms with Crippen LogP contribution >= 0.6 is 11.6 Å². The van der Waals surface area contributed by atoms with Gasteiger partial charge in [0.05, 0.1) is 29.0 Å². The maximum absolute atomic E-state index is 11.9.